The highest BCUT2D eigenvalue weighted by atomic mass is 35.7. The first-order chi connectivity index (χ1) is 8.72. The largest absolute Gasteiger partial charge is 0.236 e. The topological polar surface area (TPSA) is 102 Å². The van der Waals surface area contributed by atoms with Gasteiger partial charge in [0.2, 0.25) is 9.05 Å². The highest BCUT2D eigenvalue weighted by molar-refractivity contribution is 8.13. The quantitative estimate of drug-likeness (QED) is 0.729. The lowest BCUT2D eigenvalue weighted by Gasteiger charge is -2.10. The van der Waals surface area contributed by atoms with E-state index in [1.165, 1.54) is 0 Å². The Balaban J connectivity index is 3.77. The molecule has 20 heavy (non-hydrogen) atoms. The molecule has 0 bridgehead atoms. The summed E-state index contributed by atoms with van der Waals surface area (Å²) in [7, 11) is -7.26. The molecule has 0 saturated heterocycles. The summed E-state index contributed by atoms with van der Waals surface area (Å²) < 4.78 is 81.7. The first-order valence-corrected chi connectivity index (χ1v) is 11.1. The van der Waals surface area contributed by atoms with Crippen molar-refractivity contribution in [2.45, 2.75) is 15.5 Å². The van der Waals surface area contributed by atoms with Crippen LogP contribution in [0.5, 0.6) is 0 Å². The van der Waals surface area contributed by atoms with Crippen LogP contribution in [0.25, 0.3) is 0 Å². The van der Waals surface area contributed by atoms with Gasteiger partial charge in [-0.1, -0.05) is 0 Å². The van der Waals surface area contributed by atoms with E-state index >= 15 is 0 Å². The van der Waals surface area contributed by atoms with Gasteiger partial charge in [-0.05, 0) is 17.7 Å². The van der Waals surface area contributed by atoms with Gasteiger partial charge in [0.05, 0.1) is 10.6 Å². The molecule has 0 aliphatic rings. The van der Waals surface area contributed by atoms with E-state index in [4.69, 9.17) is 10.7 Å². The molecule has 1 rings (SSSR count). The fraction of sp³-hybridized carbons (Fsp3) is 0.333. The van der Waals surface area contributed by atoms with Crippen molar-refractivity contribution in [1.29, 1.82) is 0 Å². The highest BCUT2D eigenvalue weighted by Crippen LogP contribution is 2.27. The minimum absolute atomic E-state index is 0.259. The van der Waals surface area contributed by atoms with Crippen molar-refractivity contribution in [3.05, 3.63) is 23.5 Å². The molecule has 0 aliphatic carbocycles. The van der Waals surface area contributed by atoms with Crippen molar-refractivity contribution in [2.24, 2.45) is 0 Å². The monoisotopic (exact) mass is 364 g/mol. The van der Waals surface area contributed by atoms with Crippen molar-refractivity contribution >= 4 is 39.4 Å². The molecule has 11 heteroatoms. The Labute approximate surface area is 120 Å². The molecule has 6 nitrogen and oxygen atoms in total. The Morgan fingerprint density at radius 3 is 1.85 bits per heavy atom. The van der Waals surface area contributed by atoms with Crippen molar-refractivity contribution in [1.82, 2.24) is 0 Å². The zero-order valence-corrected chi connectivity index (χ0v) is 13.5. The SMILES string of the molecule is CS(=O)(=O)c1cc(CS(=O)(=O)Cl)cc(F)c1S(C)(=O)=O. The van der Waals surface area contributed by atoms with Gasteiger partial charge in [0, 0.05) is 23.2 Å². The van der Waals surface area contributed by atoms with Crippen LogP contribution in [0.4, 0.5) is 4.39 Å². The number of hydrogen-bond donors (Lipinski definition) is 0. The molecule has 0 saturated carbocycles. The lowest BCUT2D eigenvalue weighted by molar-refractivity contribution is 0.553. The van der Waals surface area contributed by atoms with E-state index in [1.807, 2.05) is 0 Å². The Hall–Kier alpha value is -0.710. The average Bonchev–Trinajstić information content (AvgIpc) is 2.09. The van der Waals surface area contributed by atoms with Gasteiger partial charge in [-0.2, -0.15) is 0 Å². The molecule has 0 radical (unpaired) electrons. The number of halogens is 2. The maximum atomic E-state index is 13.8. The fourth-order valence-corrected chi connectivity index (χ4v) is 5.03. The molecule has 0 aliphatic heterocycles. The molecule has 0 heterocycles. The number of hydrogen-bond acceptors (Lipinski definition) is 6. The van der Waals surface area contributed by atoms with E-state index in [1.54, 1.807) is 0 Å². The first kappa shape index (κ1) is 17.3. The van der Waals surface area contributed by atoms with Crippen LogP contribution in [0, 0.1) is 5.82 Å². The van der Waals surface area contributed by atoms with E-state index in [-0.39, 0.29) is 5.56 Å². The van der Waals surface area contributed by atoms with Gasteiger partial charge in [-0.15, -0.1) is 0 Å². The predicted molar refractivity (Wildman–Crippen MR) is 71.1 cm³/mol. The average molecular weight is 365 g/mol. The normalized spacial score (nSPS) is 13.4. The molecule has 0 spiro atoms. The number of sulfone groups is 2. The zero-order valence-electron chi connectivity index (χ0n) is 10.3. The van der Waals surface area contributed by atoms with E-state index < -0.39 is 50.1 Å². The van der Waals surface area contributed by atoms with Gasteiger partial charge >= 0.3 is 0 Å². The predicted octanol–water partition coefficient (Wildman–Crippen LogP) is 0.701. The summed E-state index contributed by atoms with van der Waals surface area (Å²) in [5, 5.41) is 0. The van der Waals surface area contributed by atoms with Crippen LogP contribution in [0.3, 0.4) is 0 Å². The van der Waals surface area contributed by atoms with E-state index in [0.29, 0.717) is 18.6 Å². The lowest BCUT2D eigenvalue weighted by Crippen LogP contribution is -2.11. The van der Waals surface area contributed by atoms with Crippen LogP contribution in [0.1, 0.15) is 5.56 Å². The van der Waals surface area contributed by atoms with Crippen LogP contribution in [0.15, 0.2) is 21.9 Å². The summed E-state index contributed by atoms with van der Waals surface area (Å²) in [5.74, 6) is -2.16. The van der Waals surface area contributed by atoms with E-state index in [2.05, 4.69) is 0 Å². The number of rotatable bonds is 4. The molecule has 0 amide bonds. The molecule has 0 fully saturated rings. The van der Waals surface area contributed by atoms with Crippen molar-refractivity contribution in [3.8, 4) is 0 Å². The van der Waals surface area contributed by atoms with Crippen molar-refractivity contribution in [2.75, 3.05) is 12.5 Å². The molecule has 1 aromatic carbocycles. The maximum Gasteiger partial charge on any atom is 0.236 e. The fourth-order valence-electron chi connectivity index (χ4n) is 1.54. The van der Waals surface area contributed by atoms with Gasteiger partial charge in [0.25, 0.3) is 0 Å². The third-order valence-corrected chi connectivity index (χ3v) is 5.59. The molecule has 0 N–H and O–H groups in total. The van der Waals surface area contributed by atoms with E-state index in [0.717, 1.165) is 6.07 Å². The Bertz CT molecular complexity index is 855. The summed E-state index contributed by atoms with van der Waals surface area (Å²) in [6, 6.07) is 1.42. The standard InChI is InChI=1S/C9H10ClFO6S3/c1-18(12,13)8-4-6(5-20(10,16)17)3-7(11)9(8)19(2,14)15/h3-4H,5H2,1-2H3. The molecule has 1 aromatic rings. The van der Waals surface area contributed by atoms with Gasteiger partial charge in [0.1, 0.15) is 10.7 Å². The second kappa shape index (κ2) is 5.24. The molecule has 0 aromatic heterocycles. The van der Waals surface area contributed by atoms with Gasteiger partial charge in [-0.25, -0.2) is 29.6 Å². The van der Waals surface area contributed by atoms with E-state index in [9.17, 15) is 29.6 Å². The summed E-state index contributed by atoms with van der Waals surface area (Å²) in [6.07, 6.45) is 1.34. The van der Waals surface area contributed by atoms with Crippen molar-refractivity contribution < 1.29 is 29.6 Å². The van der Waals surface area contributed by atoms with Crippen LogP contribution in [-0.4, -0.2) is 37.8 Å². The smallest absolute Gasteiger partial charge is 0.224 e. The summed E-state index contributed by atoms with van der Waals surface area (Å²) in [6.45, 7) is 0. The van der Waals surface area contributed by atoms with Gasteiger partial charge in [-0.3, -0.25) is 0 Å². The Kier molecular flexibility index (Phi) is 4.55. The summed E-state index contributed by atoms with van der Waals surface area (Å²) in [4.78, 5) is -1.79. The Morgan fingerprint density at radius 1 is 1.00 bits per heavy atom. The van der Waals surface area contributed by atoms with Crippen LogP contribution in [-0.2, 0) is 34.5 Å². The molecule has 114 valence electrons. The second-order valence-electron chi connectivity index (χ2n) is 4.13. The molecular formula is C9H10ClFO6S3. The lowest BCUT2D eigenvalue weighted by atomic mass is 10.2. The van der Waals surface area contributed by atoms with Crippen LogP contribution >= 0.6 is 10.7 Å². The molecular weight excluding hydrogens is 355 g/mol. The minimum Gasteiger partial charge on any atom is -0.224 e. The summed E-state index contributed by atoms with van der Waals surface area (Å²) >= 11 is 0. The Morgan fingerprint density at radius 2 is 1.50 bits per heavy atom. The number of benzene rings is 1. The highest BCUT2D eigenvalue weighted by Gasteiger charge is 2.26. The second-order valence-corrected chi connectivity index (χ2v) is 10.8. The first-order valence-electron chi connectivity index (χ1n) is 4.86. The summed E-state index contributed by atoms with van der Waals surface area (Å²) in [5.41, 5.74) is -0.259. The molecule has 0 atom stereocenters. The molecule has 0 unspecified atom stereocenters. The third-order valence-electron chi connectivity index (χ3n) is 2.18. The van der Waals surface area contributed by atoms with Gasteiger partial charge < -0.3 is 0 Å². The minimum atomic E-state index is -4.14. The maximum absolute atomic E-state index is 13.8. The van der Waals surface area contributed by atoms with Crippen molar-refractivity contribution in [3.63, 3.8) is 0 Å². The van der Waals surface area contributed by atoms with Crippen LogP contribution in [0.2, 0.25) is 0 Å². The van der Waals surface area contributed by atoms with Gasteiger partial charge in [0.15, 0.2) is 19.7 Å². The zero-order chi connectivity index (χ0) is 15.9. The van der Waals surface area contributed by atoms with Crippen LogP contribution < -0.4 is 0 Å². The third kappa shape index (κ3) is 4.40.